The lowest BCUT2D eigenvalue weighted by Gasteiger charge is -2.42. The Bertz CT molecular complexity index is 698. The van der Waals surface area contributed by atoms with Gasteiger partial charge in [0.1, 0.15) is 0 Å². The van der Waals surface area contributed by atoms with Crippen LogP contribution in [0.2, 0.25) is 0 Å². The summed E-state index contributed by atoms with van der Waals surface area (Å²) in [4.78, 5) is 7.05. The van der Waals surface area contributed by atoms with Gasteiger partial charge < -0.3 is 24.8 Å². The number of aliphatic imine (C=N–C) groups is 1. The summed E-state index contributed by atoms with van der Waals surface area (Å²) in [7, 11) is 3.50. The molecule has 2 aliphatic rings. The molecule has 1 saturated heterocycles. The van der Waals surface area contributed by atoms with Gasteiger partial charge in [-0.2, -0.15) is 0 Å². The van der Waals surface area contributed by atoms with Crippen LogP contribution in [0.15, 0.2) is 23.2 Å². The molecule has 1 aliphatic heterocycles. The standard InChI is InChI=1S/C24H40N4O3/c1-4-31-22-16-20(8-9-21(22)29-3)17-26-23(25-2)27-18-24(10-6-5-7-11-24)19-28-12-14-30-15-13-28/h8-9,16H,4-7,10-15,17-19H2,1-3H3,(H2,25,26,27). The zero-order chi connectivity index (χ0) is 21.9. The molecule has 174 valence electrons. The lowest BCUT2D eigenvalue weighted by Crippen LogP contribution is -2.51. The molecule has 0 amide bonds. The van der Waals surface area contributed by atoms with Gasteiger partial charge in [-0.15, -0.1) is 0 Å². The SMILES string of the molecule is CCOc1cc(CNC(=NC)NCC2(CN3CCOCC3)CCCCC2)ccc1OC. The molecule has 7 heteroatoms. The molecule has 2 fully saturated rings. The number of guanidine groups is 1. The smallest absolute Gasteiger partial charge is 0.191 e. The molecule has 0 radical (unpaired) electrons. The van der Waals surface area contributed by atoms with Crippen molar-refractivity contribution in [2.75, 3.05) is 60.2 Å². The molecule has 0 aromatic heterocycles. The second-order valence-electron chi connectivity index (χ2n) is 8.65. The lowest BCUT2D eigenvalue weighted by molar-refractivity contribution is 0.00820. The molecule has 1 heterocycles. The van der Waals surface area contributed by atoms with Crippen LogP contribution in [-0.4, -0.2) is 71.0 Å². The zero-order valence-electron chi connectivity index (χ0n) is 19.5. The third kappa shape index (κ3) is 7.01. The Kier molecular flexibility index (Phi) is 9.28. The average molecular weight is 433 g/mol. The van der Waals surface area contributed by atoms with Crippen LogP contribution in [0.1, 0.15) is 44.6 Å². The van der Waals surface area contributed by atoms with Crippen molar-refractivity contribution in [3.05, 3.63) is 23.8 Å². The highest BCUT2D eigenvalue weighted by atomic mass is 16.5. The second-order valence-corrected chi connectivity index (χ2v) is 8.65. The van der Waals surface area contributed by atoms with E-state index < -0.39 is 0 Å². The van der Waals surface area contributed by atoms with E-state index in [2.05, 4.69) is 26.6 Å². The zero-order valence-corrected chi connectivity index (χ0v) is 19.5. The van der Waals surface area contributed by atoms with Crippen molar-refractivity contribution in [1.82, 2.24) is 15.5 Å². The highest BCUT2D eigenvalue weighted by Gasteiger charge is 2.34. The third-order valence-electron chi connectivity index (χ3n) is 6.42. The first-order valence-corrected chi connectivity index (χ1v) is 11.7. The van der Waals surface area contributed by atoms with Gasteiger partial charge in [0, 0.05) is 45.2 Å². The highest BCUT2D eigenvalue weighted by Crippen LogP contribution is 2.36. The minimum absolute atomic E-state index is 0.315. The molecule has 7 nitrogen and oxygen atoms in total. The maximum atomic E-state index is 5.70. The van der Waals surface area contributed by atoms with Gasteiger partial charge in [0.2, 0.25) is 0 Å². The summed E-state index contributed by atoms with van der Waals surface area (Å²) in [6.45, 7) is 9.20. The van der Waals surface area contributed by atoms with Crippen molar-refractivity contribution >= 4 is 5.96 Å². The molecule has 2 N–H and O–H groups in total. The Balaban J connectivity index is 1.56. The fourth-order valence-corrected chi connectivity index (χ4v) is 4.70. The summed E-state index contributed by atoms with van der Waals surface area (Å²) in [6, 6.07) is 6.05. The Morgan fingerprint density at radius 3 is 2.58 bits per heavy atom. The molecule has 0 spiro atoms. The Morgan fingerprint density at radius 1 is 1.13 bits per heavy atom. The van der Waals surface area contributed by atoms with Crippen molar-refractivity contribution in [2.45, 2.75) is 45.6 Å². The van der Waals surface area contributed by atoms with Crippen LogP contribution in [0, 0.1) is 5.41 Å². The van der Waals surface area contributed by atoms with Gasteiger partial charge in [-0.1, -0.05) is 25.3 Å². The maximum Gasteiger partial charge on any atom is 0.191 e. The Labute approximate surface area is 187 Å². The van der Waals surface area contributed by atoms with Crippen LogP contribution in [0.25, 0.3) is 0 Å². The molecule has 1 saturated carbocycles. The summed E-state index contributed by atoms with van der Waals surface area (Å²) in [5.74, 6) is 2.38. The fraction of sp³-hybridized carbons (Fsp3) is 0.708. The van der Waals surface area contributed by atoms with Crippen LogP contribution in [0.4, 0.5) is 0 Å². The molecule has 1 aliphatic carbocycles. The molecule has 0 atom stereocenters. The normalized spacial score (nSPS) is 19.6. The monoisotopic (exact) mass is 432 g/mol. The van der Waals surface area contributed by atoms with Gasteiger partial charge in [-0.25, -0.2) is 0 Å². The number of nitrogens with one attached hydrogen (secondary N) is 2. The molecule has 31 heavy (non-hydrogen) atoms. The first kappa shape index (κ1) is 23.7. The van der Waals surface area contributed by atoms with E-state index in [0.29, 0.717) is 18.6 Å². The van der Waals surface area contributed by atoms with E-state index in [1.54, 1.807) is 7.11 Å². The molecule has 0 unspecified atom stereocenters. The number of benzene rings is 1. The highest BCUT2D eigenvalue weighted by molar-refractivity contribution is 5.79. The van der Waals surface area contributed by atoms with Crippen molar-refractivity contribution < 1.29 is 14.2 Å². The van der Waals surface area contributed by atoms with Gasteiger partial charge >= 0.3 is 0 Å². The van der Waals surface area contributed by atoms with E-state index in [-0.39, 0.29) is 0 Å². The summed E-state index contributed by atoms with van der Waals surface area (Å²) in [6.07, 6.45) is 6.57. The second kappa shape index (κ2) is 12.2. The summed E-state index contributed by atoms with van der Waals surface area (Å²) < 4.78 is 16.6. The van der Waals surface area contributed by atoms with E-state index >= 15 is 0 Å². The van der Waals surface area contributed by atoms with Crippen LogP contribution >= 0.6 is 0 Å². The minimum Gasteiger partial charge on any atom is -0.493 e. The molecular formula is C24H40N4O3. The van der Waals surface area contributed by atoms with Crippen LogP contribution in [0.3, 0.4) is 0 Å². The number of hydrogen-bond donors (Lipinski definition) is 2. The topological polar surface area (TPSA) is 67.4 Å². The van der Waals surface area contributed by atoms with Crippen molar-refractivity contribution in [2.24, 2.45) is 10.4 Å². The molecular weight excluding hydrogens is 392 g/mol. The molecule has 1 aromatic rings. The summed E-state index contributed by atoms with van der Waals surface area (Å²) in [5.41, 5.74) is 1.45. The maximum absolute atomic E-state index is 5.70. The van der Waals surface area contributed by atoms with Gasteiger partial charge in [-0.05, 0) is 37.5 Å². The summed E-state index contributed by atoms with van der Waals surface area (Å²) in [5, 5.41) is 7.09. The quantitative estimate of drug-likeness (QED) is 0.462. The number of morpholine rings is 1. The van der Waals surface area contributed by atoms with Gasteiger partial charge in [0.05, 0.1) is 26.9 Å². The number of methoxy groups -OCH3 is 1. The van der Waals surface area contributed by atoms with E-state index in [9.17, 15) is 0 Å². The van der Waals surface area contributed by atoms with Crippen LogP contribution < -0.4 is 20.1 Å². The van der Waals surface area contributed by atoms with Crippen molar-refractivity contribution in [1.29, 1.82) is 0 Å². The Hall–Kier alpha value is -1.99. The predicted octanol–water partition coefficient (Wildman–Crippen LogP) is 3.04. The lowest BCUT2D eigenvalue weighted by atomic mass is 9.73. The van der Waals surface area contributed by atoms with Crippen LogP contribution in [-0.2, 0) is 11.3 Å². The summed E-state index contributed by atoms with van der Waals surface area (Å²) >= 11 is 0. The van der Waals surface area contributed by atoms with Crippen molar-refractivity contribution in [3.8, 4) is 11.5 Å². The Morgan fingerprint density at radius 2 is 1.90 bits per heavy atom. The first-order valence-electron chi connectivity index (χ1n) is 11.7. The van der Waals surface area contributed by atoms with E-state index in [0.717, 1.165) is 62.4 Å². The third-order valence-corrected chi connectivity index (χ3v) is 6.42. The number of nitrogens with zero attached hydrogens (tertiary/aromatic N) is 2. The minimum atomic E-state index is 0.315. The van der Waals surface area contributed by atoms with E-state index in [4.69, 9.17) is 14.2 Å². The van der Waals surface area contributed by atoms with Gasteiger partial charge in [0.25, 0.3) is 0 Å². The molecule has 0 bridgehead atoms. The molecule has 1 aromatic carbocycles. The molecule has 3 rings (SSSR count). The largest absolute Gasteiger partial charge is 0.493 e. The first-order chi connectivity index (χ1) is 15.2. The van der Waals surface area contributed by atoms with Crippen molar-refractivity contribution in [3.63, 3.8) is 0 Å². The van der Waals surface area contributed by atoms with Gasteiger partial charge in [0.15, 0.2) is 17.5 Å². The number of rotatable bonds is 9. The predicted molar refractivity (Wildman–Crippen MR) is 125 cm³/mol. The average Bonchev–Trinajstić information content (AvgIpc) is 2.81. The van der Waals surface area contributed by atoms with Crippen LogP contribution in [0.5, 0.6) is 11.5 Å². The fourth-order valence-electron chi connectivity index (χ4n) is 4.70. The van der Waals surface area contributed by atoms with Gasteiger partial charge in [-0.3, -0.25) is 9.89 Å². The van der Waals surface area contributed by atoms with E-state index in [1.165, 1.54) is 32.1 Å². The number of hydrogen-bond acceptors (Lipinski definition) is 5. The number of ether oxygens (including phenoxy) is 3. The van der Waals surface area contributed by atoms with E-state index in [1.807, 2.05) is 26.1 Å².